The smallest absolute Gasteiger partial charge is 0.343 e. The second-order valence-corrected chi connectivity index (χ2v) is 3.44. The van der Waals surface area contributed by atoms with Gasteiger partial charge in [-0.2, -0.15) is 13.2 Å². The fourth-order valence-electron chi connectivity index (χ4n) is 1.55. The largest absolute Gasteiger partial charge is 0.452 e. The number of alkyl halides is 3. The third kappa shape index (κ3) is 1.88. The van der Waals surface area contributed by atoms with Gasteiger partial charge in [-0.1, -0.05) is 0 Å². The van der Waals surface area contributed by atoms with Crippen molar-refractivity contribution in [2.24, 2.45) is 0 Å². The highest BCUT2D eigenvalue weighted by molar-refractivity contribution is 5.97. The fraction of sp³-hybridized carbons (Fsp3) is 0.750. The average molecular weight is 209 g/mol. The summed E-state index contributed by atoms with van der Waals surface area (Å²) in [6, 6.07) is 0. The van der Waals surface area contributed by atoms with Crippen LogP contribution in [-0.4, -0.2) is 23.4 Å². The number of rotatable bonds is 2. The Hall–Kier alpha value is -1.07. The van der Waals surface area contributed by atoms with Crippen molar-refractivity contribution in [3.05, 3.63) is 0 Å². The number of hydrogen-bond donors (Lipinski definition) is 1. The van der Waals surface area contributed by atoms with E-state index in [1.807, 2.05) is 0 Å². The lowest BCUT2D eigenvalue weighted by Crippen LogP contribution is -2.62. The first-order chi connectivity index (χ1) is 6.28. The van der Waals surface area contributed by atoms with E-state index in [4.69, 9.17) is 0 Å². The Morgan fingerprint density at radius 2 is 1.79 bits per heavy atom. The molecule has 1 rings (SSSR count). The van der Waals surface area contributed by atoms with Crippen LogP contribution in [0.4, 0.5) is 13.2 Å². The van der Waals surface area contributed by atoms with Crippen molar-refractivity contribution in [2.75, 3.05) is 0 Å². The molecule has 0 bridgehead atoms. The maximum Gasteiger partial charge on any atom is 0.452 e. The van der Waals surface area contributed by atoms with Crippen molar-refractivity contribution >= 4 is 11.7 Å². The van der Waals surface area contributed by atoms with Crippen LogP contribution in [0.2, 0.25) is 0 Å². The van der Waals surface area contributed by atoms with Crippen LogP contribution in [0.1, 0.15) is 26.2 Å². The van der Waals surface area contributed by atoms with E-state index < -0.39 is 23.4 Å². The number of Topliss-reactive ketones (excluding diaryl/α,β-unsaturated/α-hetero) is 1. The molecule has 0 aliphatic heterocycles. The Balaban J connectivity index is 2.80. The lowest BCUT2D eigenvalue weighted by molar-refractivity contribution is -0.182. The first kappa shape index (κ1) is 11.0. The normalized spacial score (nSPS) is 19.7. The zero-order valence-corrected chi connectivity index (χ0v) is 7.57. The number of amides is 1. The molecule has 1 aliphatic rings. The zero-order valence-electron chi connectivity index (χ0n) is 7.57. The minimum atomic E-state index is -4.87. The number of nitrogens with one attached hydrogen (secondary N) is 1. The fourth-order valence-corrected chi connectivity index (χ4v) is 1.55. The van der Waals surface area contributed by atoms with Crippen molar-refractivity contribution in [3.63, 3.8) is 0 Å². The molecule has 0 saturated heterocycles. The minimum Gasteiger partial charge on any atom is -0.343 e. The second kappa shape index (κ2) is 3.25. The van der Waals surface area contributed by atoms with E-state index >= 15 is 0 Å². The Labute approximate surface area is 78.7 Å². The molecule has 0 spiro atoms. The van der Waals surface area contributed by atoms with Gasteiger partial charge in [0, 0.05) is 6.92 Å². The Morgan fingerprint density at radius 1 is 1.29 bits per heavy atom. The van der Waals surface area contributed by atoms with Crippen molar-refractivity contribution in [1.82, 2.24) is 5.32 Å². The molecule has 1 N–H and O–H groups in total. The molecule has 0 aromatic carbocycles. The number of ketones is 1. The Kier molecular flexibility index (Phi) is 2.56. The van der Waals surface area contributed by atoms with Crippen LogP contribution in [0.3, 0.4) is 0 Å². The van der Waals surface area contributed by atoms with Crippen LogP contribution < -0.4 is 5.32 Å². The van der Waals surface area contributed by atoms with Crippen molar-refractivity contribution in [2.45, 2.75) is 37.9 Å². The number of carbonyl (C=O) groups is 2. The van der Waals surface area contributed by atoms with E-state index in [1.165, 1.54) is 0 Å². The van der Waals surface area contributed by atoms with Crippen LogP contribution in [0, 0.1) is 0 Å². The monoisotopic (exact) mass is 209 g/mol. The Bertz CT molecular complexity index is 268. The molecule has 80 valence electrons. The van der Waals surface area contributed by atoms with E-state index in [1.54, 1.807) is 0 Å². The molecule has 1 amide bonds. The SMILES string of the molecule is CC(=O)NC1(C(=O)C(F)(F)F)CCC1. The summed E-state index contributed by atoms with van der Waals surface area (Å²) < 4.78 is 36.3. The predicted molar refractivity (Wildman–Crippen MR) is 41.5 cm³/mol. The zero-order chi connectivity index (χ0) is 11.0. The van der Waals surface area contributed by atoms with Gasteiger partial charge in [-0.25, -0.2) is 0 Å². The quantitative estimate of drug-likeness (QED) is 0.742. The van der Waals surface area contributed by atoms with Crippen molar-refractivity contribution < 1.29 is 22.8 Å². The summed E-state index contributed by atoms with van der Waals surface area (Å²) in [5.74, 6) is -2.45. The number of halogens is 3. The lowest BCUT2D eigenvalue weighted by Gasteiger charge is -2.40. The van der Waals surface area contributed by atoms with Gasteiger partial charge in [0.05, 0.1) is 0 Å². The van der Waals surface area contributed by atoms with Crippen LogP contribution in [0.5, 0.6) is 0 Å². The van der Waals surface area contributed by atoms with E-state index in [-0.39, 0.29) is 12.8 Å². The summed E-state index contributed by atoms with van der Waals surface area (Å²) in [6.07, 6.45) is -4.19. The van der Waals surface area contributed by atoms with E-state index in [9.17, 15) is 22.8 Å². The predicted octanol–water partition coefficient (Wildman–Crippen LogP) is 1.18. The summed E-state index contributed by atoms with van der Waals surface area (Å²) in [6.45, 7) is 1.10. The van der Waals surface area contributed by atoms with E-state index in [0.717, 1.165) is 6.92 Å². The maximum absolute atomic E-state index is 12.1. The first-order valence-electron chi connectivity index (χ1n) is 4.18. The molecule has 3 nitrogen and oxygen atoms in total. The van der Waals surface area contributed by atoms with Crippen LogP contribution in [-0.2, 0) is 9.59 Å². The standard InChI is InChI=1S/C8H10F3NO2/c1-5(13)12-7(3-2-4-7)6(14)8(9,10)11/h2-4H2,1H3,(H,12,13). The maximum atomic E-state index is 12.1. The molecule has 0 aromatic heterocycles. The van der Waals surface area contributed by atoms with Gasteiger partial charge in [0.25, 0.3) is 5.78 Å². The molecular weight excluding hydrogens is 199 g/mol. The highest BCUT2D eigenvalue weighted by Gasteiger charge is 2.56. The van der Waals surface area contributed by atoms with Gasteiger partial charge < -0.3 is 5.32 Å². The second-order valence-electron chi connectivity index (χ2n) is 3.44. The molecular formula is C8H10F3NO2. The average Bonchev–Trinajstić information content (AvgIpc) is 1.93. The molecule has 6 heteroatoms. The van der Waals surface area contributed by atoms with Gasteiger partial charge in [-0.05, 0) is 19.3 Å². The molecule has 0 aromatic rings. The minimum absolute atomic E-state index is 0.0743. The highest BCUT2D eigenvalue weighted by atomic mass is 19.4. The van der Waals surface area contributed by atoms with Crippen molar-refractivity contribution in [1.29, 1.82) is 0 Å². The van der Waals surface area contributed by atoms with E-state index in [0.29, 0.717) is 6.42 Å². The summed E-state index contributed by atoms with van der Waals surface area (Å²) in [4.78, 5) is 21.6. The Morgan fingerprint density at radius 3 is 2.00 bits per heavy atom. The van der Waals surface area contributed by atoms with Crippen molar-refractivity contribution in [3.8, 4) is 0 Å². The molecule has 1 saturated carbocycles. The molecule has 1 fully saturated rings. The molecule has 1 aliphatic carbocycles. The topological polar surface area (TPSA) is 46.2 Å². The van der Waals surface area contributed by atoms with Gasteiger partial charge in [0.2, 0.25) is 5.91 Å². The third-order valence-electron chi connectivity index (χ3n) is 2.31. The van der Waals surface area contributed by atoms with Gasteiger partial charge in [-0.15, -0.1) is 0 Å². The number of carbonyl (C=O) groups excluding carboxylic acids is 2. The van der Waals surface area contributed by atoms with Crippen LogP contribution >= 0.6 is 0 Å². The first-order valence-corrected chi connectivity index (χ1v) is 4.18. The molecule has 0 radical (unpaired) electrons. The third-order valence-corrected chi connectivity index (χ3v) is 2.31. The molecule has 0 heterocycles. The molecule has 0 atom stereocenters. The summed E-state index contributed by atoms with van der Waals surface area (Å²) in [5, 5.41) is 2.09. The number of hydrogen-bond acceptors (Lipinski definition) is 2. The summed E-state index contributed by atoms with van der Waals surface area (Å²) in [5.41, 5.74) is -1.68. The van der Waals surface area contributed by atoms with Crippen LogP contribution in [0.25, 0.3) is 0 Å². The molecule has 14 heavy (non-hydrogen) atoms. The summed E-state index contributed by atoms with van der Waals surface area (Å²) in [7, 11) is 0. The van der Waals surface area contributed by atoms with E-state index in [2.05, 4.69) is 5.32 Å². The van der Waals surface area contributed by atoms with Gasteiger partial charge in [0.1, 0.15) is 5.54 Å². The highest BCUT2D eigenvalue weighted by Crippen LogP contribution is 2.37. The van der Waals surface area contributed by atoms with Gasteiger partial charge in [-0.3, -0.25) is 9.59 Å². The van der Waals surface area contributed by atoms with Gasteiger partial charge in [0.15, 0.2) is 0 Å². The lowest BCUT2D eigenvalue weighted by atomic mass is 9.73. The van der Waals surface area contributed by atoms with Gasteiger partial charge >= 0.3 is 6.18 Å². The summed E-state index contributed by atoms with van der Waals surface area (Å²) >= 11 is 0. The van der Waals surface area contributed by atoms with Crippen LogP contribution in [0.15, 0.2) is 0 Å². The molecule has 0 unspecified atom stereocenters.